The number of amides is 1. The van der Waals surface area contributed by atoms with Crippen LogP contribution < -0.4 is 9.64 Å². The standard InChI is InChI=1S/C32H36F3N5O2/c1-19-5-4-9-39(15-19)16-20-11-24-25(26(12-20)32(33,34)35)17-40(31(24)41)27-14-23(13-22-8-10-42-29(22)27)28(21-6-3-7-21)30-37-36-18-38(30)2/h11-14,18-19,21,28H,3-10,15-17H2,1-2H3/t19-,28?/m0/s1. The third kappa shape index (κ3) is 4.77. The van der Waals surface area contributed by atoms with Gasteiger partial charge in [0.1, 0.15) is 17.9 Å². The van der Waals surface area contributed by atoms with Crippen molar-refractivity contribution in [2.24, 2.45) is 18.9 Å². The van der Waals surface area contributed by atoms with Gasteiger partial charge in [-0.05, 0) is 84.5 Å². The van der Waals surface area contributed by atoms with Crippen molar-refractivity contribution in [3.05, 3.63) is 69.8 Å². The fraction of sp³-hybridized carbons (Fsp3) is 0.531. The van der Waals surface area contributed by atoms with Gasteiger partial charge in [0.15, 0.2) is 0 Å². The van der Waals surface area contributed by atoms with Gasteiger partial charge >= 0.3 is 6.18 Å². The van der Waals surface area contributed by atoms with Crippen LogP contribution in [0.1, 0.15) is 88.9 Å². The second-order valence-corrected chi connectivity index (χ2v) is 12.6. The third-order valence-corrected chi connectivity index (χ3v) is 9.64. The second kappa shape index (κ2) is 10.4. The molecular formula is C32H36F3N5O2. The third-order valence-electron chi connectivity index (χ3n) is 9.64. The molecule has 1 unspecified atom stereocenters. The summed E-state index contributed by atoms with van der Waals surface area (Å²) in [4.78, 5) is 17.7. The molecule has 2 fully saturated rings. The van der Waals surface area contributed by atoms with Crippen molar-refractivity contribution in [2.75, 3.05) is 24.6 Å². The van der Waals surface area contributed by atoms with E-state index in [1.54, 1.807) is 12.4 Å². The highest BCUT2D eigenvalue weighted by atomic mass is 19.4. The number of fused-ring (bicyclic) bond motifs is 2. The van der Waals surface area contributed by atoms with Crippen LogP contribution in [0.2, 0.25) is 0 Å². The van der Waals surface area contributed by atoms with Gasteiger partial charge in [0.2, 0.25) is 0 Å². The van der Waals surface area contributed by atoms with Crippen LogP contribution in [-0.2, 0) is 32.7 Å². The van der Waals surface area contributed by atoms with Crippen LogP contribution in [0, 0.1) is 11.8 Å². The molecule has 10 heteroatoms. The summed E-state index contributed by atoms with van der Waals surface area (Å²) in [6.07, 6.45) is 3.27. The molecule has 4 heterocycles. The quantitative estimate of drug-likeness (QED) is 0.354. The topological polar surface area (TPSA) is 63.5 Å². The minimum atomic E-state index is -4.56. The molecule has 2 atom stereocenters. The molecule has 1 saturated heterocycles. The summed E-state index contributed by atoms with van der Waals surface area (Å²) in [5.74, 6) is 1.94. The Kier molecular flexibility index (Phi) is 6.79. The van der Waals surface area contributed by atoms with E-state index in [0.29, 0.717) is 48.4 Å². The van der Waals surface area contributed by atoms with Gasteiger partial charge in [-0.25, -0.2) is 0 Å². The molecule has 0 N–H and O–H groups in total. The Morgan fingerprint density at radius 1 is 1.12 bits per heavy atom. The normalized spacial score (nSPS) is 21.7. The van der Waals surface area contributed by atoms with E-state index >= 15 is 0 Å². The number of benzene rings is 2. The van der Waals surface area contributed by atoms with Crippen molar-refractivity contribution in [3.8, 4) is 5.75 Å². The van der Waals surface area contributed by atoms with E-state index < -0.39 is 17.6 Å². The highest BCUT2D eigenvalue weighted by molar-refractivity contribution is 6.11. The lowest BCUT2D eigenvalue weighted by molar-refractivity contribution is -0.138. The predicted molar refractivity (Wildman–Crippen MR) is 151 cm³/mol. The number of ether oxygens (including phenoxy) is 1. The number of hydrogen-bond donors (Lipinski definition) is 0. The van der Waals surface area contributed by atoms with Gasteiger partial charge in [0.05, 0.1) is 24.4 Å². The van der Waals surface area contributed by atoms with Gasteiger partial charge < -0.3 is 14.2 Å². The summed E-state index contributed by atoms with van der Waals surface area (Å²) >= 11 is 0. The molecule has 3 aliphatic heterocycles. The summed E-state index contributed by atoms with van der Waals surface area (Å²) in [5, 5.41) is 8.56. The van der Waals surface area contributed by atoms with Crippen molar-refractivity contribution in [2.45, 2.75) is 70.6 Å². The fourth-order valence-electron chi connectivity index (χ4n) is 7.37. The zero-order valence-electron chi connectivity index (χ0n) is 24.1. The highest BCUT2D eigenvalue weighted by Crippen LogP contribution is 2.48. The van der Waals surface area contributed by atoms with Crippen LogP contribution in [0.15, 0.2) is 30.6 Å². The number of carbonyl (C=O) groups is 1. The summed E-state index contributed by atoms with van der Waals surface area (Å²) in [5.41, 5.74) is 2.55. The maximum atomic E-state index is 14.5. The Morgan fingerprint density at radius 2 is 1.95 bits per heavy atom. The average molecular weight is 580 g/mol. The SMILES string of the molecule is C[C@H]1CCCN(Cc2cc3c(c(C(F)(F)F)c2)CN(c2cc(C(c4nncn4C)C4CCC4)cc4c2OCC4)C3=O)C1. The number of piperidine rings is 1. The minimum absolute atomic E-state index is 0.0137. The lowest BCUT2D eigenvalue weighted by Gasteiger charge is -2.34. The van der Waals surface area contributed by atoms with Crippen LogP contribution in [0.25, 0.3) is 0 Å². The van der Waals surface area contributed by atoms with Gasteiger partial charge in [-0.3, -0.25) is 9.69 Å². The van der Waals surface area contributed by atoms with Crippen molar-refractivity contribution in [1.29, 1.82) is 0 Å². The minimum Gasteiger partial charge on any atom is -0.491 e. The number of halogens is 3. The molecule has 3 aromatic rings. The summed E-state index contributed by atoms with van der Waals surface area (Å²) < 4.78 is 51.3. The average Bonchev–Trinajstić information content (AvgIpc) is 3.64. The Hall–Kier alpha value is -3.40. The van der Waals surface area contributed by atoms with E-state index in [4.69, 9.17) is 4.74 Å². The molecule has 7 rings (SSSR count). The van der Waals surface area contributed by atoms with Crippen molar-refractivity contribution in [1.82, 2.24) is 19.7 Å². The zero-order valence-corrected chi connectivity index (χ0v) is 24.1. The first-order chi connectivity index (χ1) is 20.2. The van der Waals surface area contributed by atoms with Crippen molar-refractivity contribution >= 4 is 11.6 Å². The first-order valence-electron chi connectivity index (χ1n) is 15.1. The fourth-order valence-corrected chi connectivity index (χ4v) is 7.37. The molecule has 1 aliphatic carbocycles. The van der Waals surface area contributed by atoms with Crippen LogP contribution in [0.3, 0.4) is 0 Å². The molecule has 0 bridgehead atoms. The van der Waals surface area contributed by atoms with Crippen molar-refractivity contribution < 1.29 is 22.7 Å². The molecule has 0 spiro atoms. The van der Waals surface area contributed by atoms with E-state index in [0.717, 1.165) is 62.1 Å². The maximum absolute atomic E-state index is 14.5. The van der Waals surface area contributed by atoms with Gasteiger partial charge in [0.25, 0.3) is 5.91 Å². The lowest BCUT2D eigenvalue weighted by Crippen LogP contribution is -2.33. The smallest absolute Gasteiger partial charge is 0.416 e. The Labute approximate surface area is 243 Å². The lowest BCUT2D eigenvalue weighted by atomic mass is 9.72. The molecular weight excluding hydrogens is 543 g/mol. The number of rotatable bonds is 6. The number of aromatic nitrogens is 3. The van der Waals surface area contributed by atoms with Crippen LogP contribution in [0.5, 0.6) is 5.75 Å². The first kappa shape index (κ1) is 27.4. The number of aryl methyl sites for hydroxylation is 1. The Morgan fingerprint density at radius 3 is 2.64 bits per heavy atom. The van der Waals surface area contributed by atoms with Crippen LogP contribution >= 0.6 is 0 Å². The number of anilines is 1. The van der Waals surface area contributed by atoms with E-state index in [9.17, 15) is 18.0 Å². The van der Waals surface area contributed by atoms with Crippen molar-refractivity contribution in [3.63, 3.8) is 0 Å². The van der Waals surface area contributed by atoms with E-state index in [2.05, 4.69) is 28.1 Å². The summed E-state index contributed by atoms with van der Waals surface area (Å²) in [7, 11) is 1.93. The van der Waals surface area contributed by atoms with Gasteiger partial charge in [0, 0.05) is 38.0 Å². The molecule has 7 nitrogen and oxygen atoms in total. The molecule has 42 heavy (non-hydrogen) atoms. The molecule has 1 saturated carbocycles. The number of hydrogen-bond acceptors (Lipinski definition) is 5. The molecule has 4 aliphatic rings. The number of nitrogens with zero attached hydrogens (tertiary/aromatic N) is 5. The largest absolute Gasteiger partial charge is 0.491 e. The monoisotopic (exact) mass is 579 g/mol. The van der Waals surface area contributed by atoms with Gasteiger partial charge in [-0.15, -0.1) is 10.2 Å². The summed E-state index contributed by atoms with van der Waals surface area (Å²) in [6, 6.07) is 7.03. The van der Waals surface area contributed by atoms with E-state index in [-0.39, 0.29) is 23.6 Å². The number of carbonyl (C=O) groups excluding carboxylic acids is 1. The maximum Gasteiger partial charge on any atom is 0.416 e. The molecule has 1 aromatic heterocycles. The first-order valence-corrected chi connectivity index (χ1v) is 15.1. The second-order valence-electron chi connectivity index (χ2n) is 12.6. The number of likely N-dealkylation sites (tertiary alicyclic amines) is 1. The van der Waals surface area contributed by atoms with Gasteiger partial charge in [-0.1, -0.05) is 19.4 Å². The Bertz CT molecular complexity index is 1530. The van der Waals surface area contributed by atoms with Crippen LogP contribution in [0.4, 0.5) is 18.9 Å². The van der Waals surface area contributed by atoms with E-state index in [1.807, 2.05) is 17.7 Å². The Balaban J connectivity index is 1.28. The molecule has 1 amide bonds. The molecule has 222 valence electrons. The van der Waals surface area contributed by atoms with E-state index in [1.165, 1.54) is 11.0 Å². The molecule has 0 radical (unpaired) electrons. The zero-order chi connectivity index (χ0) is 29.2. The summed E-state index contributed by atoms with van der Waals surface area (Å²) in [6.45, 7) is 4.62. The van der Waals surface area contributed by atoms with Gasteiger partial charge in [-0.2, -0.15) is 13.2 Å². The molecule has 2 aromatic carbocycles. The van der Waals surface area contributed by atoms with Crippen LogP contribution in [-0.4, -0.2) is 45.3 Å². The highest BCUT2D eigenvalue weighted by Gasteiger charge is 2.42. The predicted octanol–water partition coefficient (Wildman–Crippen LogP) is 6.09. The number of alkyl halides is 3.